The van der Waals surface area contributed by atoms with Gasteiger partial charge in [-0.15, -0.1) is 0 Å². The van der Waals surface area contributed by atoms with Crippen molar-refractivity contribution in [1.82, 2.24) is 20.0 Å². The molecule has 2 amide bonds. The molecule has 1 aliphatic carbocycles. The van der Waals surface area contributed by atoms with Crippen LogP contribution in [0.5, 0.6) is 0 Å². The molecule has 0 bridgehead atoms. The van der Waals surface area contributed by atoms with Crippen LogP contribution in [0.2, 0.25) is 0 Å². The second kappa shape index (κ2) is 8.39. The lowest BCUT2D eigenvalue weighted by Crippen LogP contribution is -2.49. The van der Waals surface area contributed by atoms with Gasteiger partial charge in [0, 0.05) is 36.8 Å². The van der Waals surface area contributed by atoms with E-state index < -0.39 is 0 Å². The van der Waals surface area contributed by atoms with Crippen LogP contribution < -0.4 is 5.32 Å². The number of aromatic nitrogens is 2. The molecule has 1 unspecified atom stereocenters. The van der Waals surface area contributed by atoms with Gasteiger partial charge in [-0.3, -0.25) is 9.59 Å². The summed E-state index contributed by atoms with van der Waals surface area (Å²) in [6, 6.07) is 8.33. The van der Waals surface area contributed by atoms with Gasteiger partial charge in [0.25, 0.3) is 5.91 Å². The molecule has 1 aromatic heterocycles. The zero-order chi connectivity index (χ0) is 20.4. The summed E-state index contributed by atoms with van der Waals surface area (Å²) >= 11 is 0. The summed E-state index contributed by atoms with van der Waals surface area (Å²) in [6.07, 6.45) is 6.14. The number of amides is 2. The first kappa shape index (κ1) is 19.7. The summed E-state index contributed by atoms with van der Waals surface area (Å²) in [5.41, 5.74) is 5.09. The third-order valence-corrected chi connectivity index (χ3v) is 5.96. The maximum absolute atomic E-state index is 13.4. The Morgan fingerprint density at radius 2 is 1.97 bits per heavy atom. The smallest absolute Gasteiger partial charge is 0.274 e. The number of benzene rings is 1. The second-order valence-corrected chi connectivity index (χ2v) is 8.28. The normalized spacial score (nSPS) is 18.6. The molecule has 2 aromatic rings. The minimum atomic E-state index is 0.00320. The van der Waals surface area contributed by atoms with Gasteiger partial charge in [-0.25, -0.2) is 4.68 Å². The largest absolute Gasteiger partial charge is 0.352 e. The van der Waals surface area contributed by atoms with Crippen LogP contribution in [0.4, 0.5) is 0 Å². The van der Waals surface area contributed by atoms with Gasteiger partial charge in [-0.05, 0) is 57.6 Å². The van der Waals surface area contributed by atoms with E-state index >= 15 is 0 Å². The highest BCUT2D eigenvalue weighted by atomic mass is 16.2. The van der Waals surface area contributed by atoms with E-state index in [0.717, 1.165) is 56.3 Å². The van der Waals surface area contributed by atoms with E-state index in [-0.39, 0.29) is 17.9 Å². The molecule has 0 spiro atoms. The van der Waals surface area contributed by atoms with Gasteiger partial charge in [0.15, 0.2) is 5.69 Å². The Morgan fingerprint density at radius 3 is 2.72 bits per heavy atom. The number of rotatable bonds is 5. The molecule has 1 aromatic carbocycles. The van der Waals surface area contributed by atoms with Crippen molar-refractivity contribution in [2.45, 2.75) is 64.8 Å². The lowest BCUT2D eigenvalue weighted by Gasteiger charge is -2.33. The summed E-state index contributed by atoms with van der Waals surface area (Å²) in [7, 11) is 0. The number of fused-ring (bicyclic) bond motifs is 1. The first-order valence-electron chi connectivity index (χ1n) is 10.8. The Hall–Kier alpha value is -2.63. The van der Waals surface area contributed by atoms with E-state index in [9.17, 15) is 9.59 Å². The Kier molecular flexibility index (Phi) is 5.69. The van der Waals surface area contributed by atoms with Crippen LogP contribution in [0.25, 0.3) is 5.69 Å². The summed E-state index contributed by atoms with van der Waals surface area (Å²) in [5.74, 6) is 0.0831. The van der Waals surface area contributed by atoms with Crippen LogP contribution in [-0.2, 0) is 17.6 Å². The molecule has 0 radical (unpaired) electrons. The van der Waals surface area contributed by atoms with E-state index in [1.165, 1.54) is 11.3 Å². The van der Waals surface area contributed by atoms with Crippen molar-refractivity contribution in [3.8, 4) is 5.69 Å². The van der Waals surface area contributed by atoms with Crippen molar-refractivity contribution in [3.63, 3.8) is 0 Å². The Bertz CT molecular complexity index is 900. The number of piperidine rings is 1. The average molecular weight is 395 g/mol. The Morgan fingerprint density at radius 1 is 1.17 bits per heavy atom. The molecule has 1 saturated heterocycles. The van der Waals surface area contributed by atoms with Crippen molar-refractivity contribution >= 4 is 11.8 Å². The zero-order valence-electron chi connectivity index (χ0n) is 17.4. The number of hydrogen-bond acceptors (Lipinski definition) is 3. The van der Waals surface area contributed by atoms with Gasteiger partial charge in [0.1, 0.15) is 0 Å². The summed E-state index contributed by atoms with van der Waals surface area (Å²) in [5, 5.41) is 7.85. The minimum Gasteiger partial charge on any atom is -0.352 e. The molecule has 6 nitrogen and oxygen atoms in total. The fraction of sp³-hybridized carbons (Fsp3) is 0.522. The first-order chi connectivity index (χ1) is 14.1. The number of nitrogens with one attached hydrogen (secondary N) is 1. The number of nitrogens with zero attached hydrogens (tertiary/aromatic N) is 3. The highest BCUT2D eigenvalue weighted by Crippen LogP contribution is 2.29. The molecular formula is C23H30N4O2. The van der Waals surface area contributed by atoms with Crippen molar-refractivity contribution in [3.05, 3.63) is 46.8 Å². The molecule has 2 heterocycles. The summed E-state index contributed by atoms with van der Waals surface area (Å²) in [4.78, 5) is 27.2. The third-order valence-electron chi connectivity index (χ3n) is 5.96. The van der Waals surface area contributed by atoms with Crippen LogP contribution >= 0.6 is 0 Å². The van der Waals surface area contributed by atoms with E-state index in [2.05, 4.69) is 36.5 Å². The van der Waals surface area contributed by atoms with Gasteiger partial charge >= 0.3 is 0 Å². The van der Waals surface area contributed by atoms with Gasteiger partial charge in [-0.2, -0.15) is 5.10 Å². The SMILES string of the molecule is CCCC(=O)NC1CCCN(C(=O)c2nn(-c3ccc(C)cc3)c3c2CCC3)C1. The lowest BCUT2D eigenvalue weighted by atomic mass is 10.0. The first-order valence-corrected chi connectivity index (χ1v) is 10.8. The van der Waals surface area contributed by atoms with Crippen LogP contribution in [-0.4, -0.2) is 45.6 Å². The molecule has 0 saturated carbocycles. The van der Waals surface area contributed by atoms with Crippen LogP contribution in [0.15, 0.2) is 24.3 Å². The zero-order valence-corrected chi connectivity index (χ0v) is 17.4. The molecule has 2 aliphatic rings. The van der Waals surface area contributed by atoms with Crippen LogP contribution in [0.3, 0.4) is 0 Å². The topological polar surface area (TPSA) is 67.2 Å². The second-order valence-electron chi connectivity index (χ2n) is 8.28. The van der Waals surface area contributed by atoms with E-state index in [0.29, 0.717) is 18.7 Å². The monoisotopic (exact) mass is 394 g/mol. The standard InChI is InChI=1S/C23H30N4O2/c1-3-6-21(28)24-17-7-5-14-26(15-17)23(29)22-19-8-4-9-20(19)27(25-22)18-12-10-16(2)11-13-18/h10-13,17H,3-9,14-15H2,1-2H3,(H,24,28). The fourth-order valence-electron chi connectivity index (χ4n) is 4.46. The molecule has 6 heteroatoms. The van der Waals surface area contributed by atoms with Gasteiger partial charge in [0.2, 0.25) is 5.91 Å². The highest BCUT2D eigenvalue weighted by Gasteiger charge is 2.32. The minimum absolute atomic E-state index is 0.00320. The fourth-order valence-corrected chi connectivity index (χ4v) is 4.46. The Labute approximate surface area is 172 Å². The van der Waals surface area contributed by atoms with Crippen molar-refractivity contribution in [2.75, 3.05) is 13.1 Å². The quantitative estimate of drug-likeness (QED) is 0.847. The van der Waals surface area contributed by atoms with Gasteiger partial charge in [0.05, 0.1) is 5.69 Å². The molecule has 1 atom stereocenters. The molecule has 1 N–H and O–H groups in total. The number of hydrogen-bond donors (Lipinski definition) is 1. The number of likely N-dealkylation sites (tertiary alicyclic amines) is 1. The number of carbonyl (C=O) groups excluding carboxylic acids is 2. The predicted octanol–water partition coefficient (Wildman–Crippen LogP) is 3.19. The van der Waals surface area contributed by atoms with Gasteiger partial charge < -0.3 is 10.2 Å². The van der Waals surface area contributed by atoms with Crippen LogP contribution in [0, 0.1) is 6.92 Å². The number of carbonyl (C=O) groups is 2. The van der Waals surface area contributed by atoms with Crippen molar-refractivity contribution in [2.24, 2.45) is 0 Å². The third kappa shape index (κ3) is 4.07. The van der Waals surface area contributed by atoms with E-state index in [4.69, 9.17) is 5.10 Å². The van der Waals surface area contributed by atoms with Crippen LogP contribution in [0.1, 0.15) is 66.3 Å². The molecular weight excluding hydrogens is 364 g/mol. The Balaban J connectivity index is 1.55. The molecule has 154 valence electrons. The van der Waals surface area contributed by atoms with Crippen molar-refractivity contribution < 1.29 is 9.59 Å². The predicted molar refractivity (Wildman–Crippen MR) is 112 cm³/mol. The van der Waals surface area contributed by atoms with E-state index in [1.54, 1.807) is 0 Å². The maximum Gasteiger partial charge on any atom is 0.274 e. The summed E-state index contributed by atoms with van der Waals surface area (Å²) in [6.45, 7) is 5.37. The number of aryl methyl sites for hydroxylation is 1. The lowest BCUT2D eigenvalue weighted by molar-refractivity contribution is -0.122. The molecule has 1 fully saturated rings. The molecule has 4 rings (SSSR count). The molecule has 1 aliphatic heterocycles. The molecule has 29 heavy (non-hydrogen) atoms. The van der Waals surface area contributed by atoms with Gasteiger partial charge in [-0.1, -0.05) is 24.6 Å². The summed E-state index contributed by atoms with van der Waals surface area (Å²) < 4.78 is 1.96. The maximum atomic E-state index is 13.4. The van der Waals surface area contributed by atoms with Crippen molar-refractivity contribution in [1.29, 1.82) is 0 Å². The highest BCUT2D eigenvalue weighted by molar-refractivity contribution is 5.94. The van der Waals surface area contributed by atoms with E-state index in [1.807, 2.05) is 16.5 Å². The average Bonchev–Trinajstić information content (AvgIpc) is 3.31.